The molecule has 3 N–H and O–H groups in total. The van der Waals surface area contributed by atoms with Gasteiger partial charge in [0.15, 0.2) is 0 Å². The normalized spacial score (nSPS) is 20.6. The van der Waals surface area contributed by atoms with Gasteiger partial charge in [-0.15, -0.1) is 0 Å². The Balaban J connectivity index is 1.88. The summed E-state index contributed by atoms with van der Waals surface area (Å²) in [4.78, 5) is 6.76. The molecule has 1 unspecified atom stereocenters. The Morgan fingerprint density at radius 3 is 3.11 bits per heavy atom. The van der Waals surface area contributed by atoms with Gasteiger partial charge in [-0.05, 0) is 50.7 Å². The fourth-order valence-electron chi connectivity index (χ4n) is 2.80. The molecule has 0 amide bonds. The predicted molar refractivity (Wildman–Crippen MR) is 80.3 cm³/mol. The van der Waals surface area contributed by atoms with Gasteiger partial charge in [-0.3, -0.25) is 4.98 Å². The summed E-state index contributed by atoms with van der Waals surface area (Å²) in [6.07, 6.45) is 4.32. The first-order chi connectivity index (χ1) is 9.22. The molecule has 4 nitrogen and oxygen atoms in total. The molecule has 0 bridgehead atoms. The van der Waals surface area contributed by atoms with Crippen molar-refractivity contribution in [3.8, 4) is 0 Å². The van der Waals surface area contributed by atoms with Crippen molar-refractivity contribution in [1.29, 1.82) is 0 Å². The second-order valence-electron chi connectivity index (χ2n) is 5.38. The minimum Gasteiger partial charge on any atom is -0.399 e. The van der Waals surface area contributed by atoms with Crippen molar-refractivity contribution in [3.63, 3.8) is 0 Å². The molecule has 3 rings (SSSR count). The number of hydrogen-bond donors (Lipinski definition) is 2. The average molecular weight is 256 g/mol. The molecule has 1 atom stereocenters. The van der Waals surface area contributed by atoms with Gasteiger partial charge in [-0.1, -0.05) is 0 Å². The molecule has 1 aromatic heterocycles. The van der Waals surface area contributed by atoms with Crippen LogP contribution in [-0.4, -0.2) is 36.1 Å². The highest BCUT2D eigenvalue weighted by molar-refractivity contribution is 5.92. The van der Waals surface area contributed by atoms with Crippen molar-refractivity contribution in [3.05, 3.63) is 30.5 Å². The van der Waals surface area contributed by atoms with Gasteiger partial charge in [-0.2, -0.15) is 0 Å². The van der Waals surface area contributed by atoms with E-state index in [1.165, 1.54) is 19.4 Å². The number of likely N-dealkylation sites (N-methyl/N-ethyl adjacent to an activating group) is 1. The quantitative estimate of drug-likeness (QED) is 0.810. The van der Waals surface area contributed by atoms with Crippen LogP contribution in [0.15, 0.2) is 30.5 Å². The van der Waals surface area contributed by atoms with Crippen LogP contribution in [0.4, 0.5) is 11.4 Å². The first kappa shape index (κ1) is 12.2. The Hall–Kier alpha value is -1.81. The molecule has 1 saturated heterocycles. The number of nitrogens with zero attached hydrogens (tertiary/aromatic N) is 2. The van der Waals surface area contributed by atoms with Gasteiger partial charge in [0, 0.05) is 35.5 Å². The Morgan fingerprint density at radius 1 is 1.37 bits per heavy atom. The molecule has 100 valence electrons. The highest BCUT2D eigenvalue weighted by Crippen LogP contribution is 2.25. The van der Waals surface area contributed by atoms with Crippen LogP contribution in [0, 0.1) is 0 Å². The number of nitrogen functional groups attached to an aromatic ring is 1. The zero-order valence-electron chi connectivity index (χ0n) is 11.3. The zero-order chi connectivity index (χ0) is 13.2. The topological polar surface area (TPSA) is 54.2 Å². The molecule has 4 heteroatoms. The molecule has 0 spiro atoms. The number of benzene rings is 1. The maximum absolute atomic E-state index is 5.81. The Kier molecular flexibility index (Phi) is 3.25. The van der Waals surface area contributed by atoms with Crippen LogP contribution in [0.25, 0.3) is 10.9 Å². The minimum absolute atomic E-state index is 0.516. The van der Waals surface area contributed by atoms with Gasteiger partial charge in [-0.25, -0.2) is 0 Å². The van der Waals surface area contributed by atoms with E-state index in [4.69, 9.17) is 5.73 Å². The zero-order valence-corrected chi connectivity index (χ0v) is 11.3. The number of nitrogens with one attached hydrogen (secondary N) is 1. The lowest BCUT2D eigenvalue weighted by Gasteiger charge is -2.31. The molecule has 1 fully saturated rings. The van der Waals surface area contributed by atoms with Crippen LogP contribution in [0.1, 0.15) is 12.8 Å². The van der Waals surface area contributed by atoms with Crippen LogP contribution in [0.3, 0.4) is 0 Å². The van der Waals surface area contributed by atoms with E-state index in [-0.39, 0.29) is 0 Å². The van der Waals surface area contributed by atoms with Crippen molar-refractivity contribution in [2.24, 2.45) is 0 Å². The standard InChI is InChI=1S/C15H20N4/c1-19-8-2-3-12(10-19)18-14-6-7-17-15-9-11(16)4-5-13(14)15/h4-7,9,12H,2-3,8,10,16H2,1H3,(H,17,18). The van der Waals surface area contributed by atoms with Crippen LogP contribution < -0.4 is 11.1 Å². The molecule has 1 aliphatic rings. The number of likely N-dealkylation sites (tertiary alicyclic amines) is 1. The Morgan fingerprint density at radius 2 is 2.26 bits per heavy atom. The summed E-state index contributed by atoms with van der Waals surface area (Å²) in [7, 11) is 2.18. The number of fused-ring (bicyclic) bond motifs is 1. The van der Waals surface area contributed by atoms with E-state index < -0.39 is 0 Å². The number of hydrogen-bond acceptors (Lipinski definition) is 4. The lowest BCUT2D eigenvalue weighted by Crippen LogP contribution is -2.39. The summed E-state index contributed by atoms with van der Waals surface area (Å²) < 4.78 is 0. The van der Waals surface area contributed by atoms with Gasteiger partial charge >= 0.3 is 0 Å². The van der Waals surface area contributed by atoms with E-state index >= 15 is 0 Å². The third-order valence-electron chi connectivity index (χ3n) is 3.75. The van der Waals surface area contributed by atoms with Crippen LogP contribution >= 0.6 is 0 Å². The maximum Gasteiger partial charge on any atom is 0.0743 e. The van der Waals surface area contributed by atoms with E-state index in [9.17, 15) is 0 Å². The summed E-state index contributed by atoms with van der Waals surface area (Å²) in [5.74, 6) is 0. The molecule has 2 heterocycles. The van der Waals surface area contributed by atoms with Crippen LogP contribution in [0.5, 0.6) is 0 Å². The van der Waals surface area contributed by atoms with Crippen molar-refractivity contribution in [2.45, 2.75) is 18.9 Å². The van der Waals surface area contributed by atoms with Crippen molar-refractivity contribution in [1.82, 2.24) is 9.88 Å². The molecule has 0 aliphatic carbocycles. The molecular weight excluding hydrogens is 236 g/mol. The van der Waals surface area contributed by atoms with Crippen molar-refractivity contribution < 1.29 is 0 Å². The number of pyridine rings is 1. The van der Waals surface area contributed by atoms with E-state index in [0.717, 1.165) is 28.8 Å². The van der Waals surface area contributed by atoms with Gasteiger partial charge < -0.3 is 16.0 Å². The largest absolute Gasteiger partial charge is 0.399 e. The monoisotopic (exact) mass is 256 g/mol. The van der Waals surface area contributed by atoms with E-state index in [0.29, 0.717) is 6.04 Å². The summed E-state index contributed by atoms with van der Waals surface area (Å²) in [5.41, 5.74) is 8.68. The Labute approximate surface area is 113 Å². The first-order valence-electron chi connectivity index (χ1n) is 6.82. The van der Waals surface area contributed by atoms with Gasteiger partial charge in [0.2, 0.25) is 0 Å². The molecule has 1 aliphatic heterocycles. The van der Waals surface area contributed by atoms with Crippen LogP contribution in [0.2, 0.25) is 0 Å². The number of nitrogens with two attached hydrogens (primary N) is 1. The molecule has 19 heavy (non-hydrogen) atoms. The highest BCUT2D eigenvalue weighted by Gasteiger charge is 2.17. The highest BCUT2D eigenvalue weighted by atomic mass is 15.1. The SMILES string of the molecule is CN1CCCC(Nc2ccnc3cc(N)ccc23)C1. The number of piperidine rings is 1. The Bertz CT molecular complexity index is 581. The van der Waals surface area contributed by atoms with Crippen LogP contribution in [-0.2, 0) is 0 Å². The van der Waals surface area contributed by atoms with E-state index in [1.807, 2.05) is 30.5 Å². The van der Waals surface area contributed by atoms with Gasteiger partial charge in [0.1, 0.15) is 0 Å². The average Bonchev–Trinajstić information content (AvgIpc) is 2.38. The molecule has 0 radical (unpaired) electrons. The minimum atomic E-state index is 0.516. The van der Waals surface area contributed by atoms with Crippen molar-refractivity contribution >= 4 is 22.3 Å². The summed E-state index contributed by atoms with van der Waals surface area (Å²) >= 11 is 0. The molecular formula is C15H20N4. The second kappa shape index (κ2) is 5.05. The number of aromatic nitrogens is 1. The summed E-state index contributed by atoms with van der Waals surface area (Å²) in [6.45, 7) is 2.30. The van der Waals surface area contributed by atoms with Crippen molar-refractivity contribution in [2.75, 3.05) is 31.2 Å². The fourth-order valence-corrected chi connectivity index (χ4v) is 2.80. The second-order valence-corrected chi connectivity index (χ2v) is 5.38. The lowest BCUT2D eigenvalue weighted by molar-refractivity contribution is 0.261. The van der Waals surface area contributed by atoms with Gasteiger partial charge in [0.05, 0.1) is 5.52 Å². The molecule has 1 aromatic carbocycles. The lowest BCUT2D eigenvalue weighted by atomic mass is 10.1. The smallest absolute Gasteiger partial charge is 0.0743 e. The predicted octanol–water partition coefficient (Wildman–Crippen LogP) is 2.32. The maximum atomic E-state index is 5.81. The molecule has 2 aromatic rings. The summed E-state index contributed by atoms with van der Waals surface area (Å²) in [6, 6.07) is 8.47. The van der Waals surface area contributed by atoms with E-state index in [1.54, 1.807) is 0 Å². The van der Waals surface area contributed by atoms with E-state index in [2.05, 4.69) is 22.2 Å². The fraction of sp³-hybridized carbons (Fsp3) is 0.400. The third-order valence-corrected chi connectivity index (χ3v) is 3.75. The molecule has 0 saturated carbocycles. The summed E-state index contributed by atoms with van der Waals surface area (Å²) in [5, 5.41) is 4.79. The van der Waals surface area contributed by atoms with Gasteiger partial charge in [0.25, 0.3) is 0 Å². The number of rotatable bonds is 2. The number of anilines is 2. The first-order valence-corrected chi connectivity index (χ1v) is 6.82. The third kappa shape index (κ3) is 2.63.